The first-order chi connectivity index (χ1) is 17.0. The largest absolute Gasteiger partial charge is 0.416 e. The van der Waals surface area contributed by atoms with E-state index in [0.717, 1.165) is 37.1 Å². The molecule has 0 amide bonds. The highest BCUT2D eigenvalue weighted by Crippen LogP contribution is 2.55. The van der Waals surface area contributed by atoms with Crippen molar-refractivity contribution in [3.05, 3.63) is 93.6 Å². The van der Waals surface area contributed by atoms with Gasteiger partial charge in [0.25, 0.3) is 0 Å². The van der Waals surface area contributed by atoms with Crippen LogP contribution in [0.15, 0.2) is 71.1 Å². The summed E-state index contributed by atoms with van der Waals surface area (Å²) in [6.07, 6.45) is -0.346. The lowest BCUT2D eigenvalue weighted by Gasteiger charge is -2.48. The number of halogens is 4. The molecule has 36 heavy (non-hydrogen) atoms. The third-order valence-corrected chi connectivity index (χ3v) is 7.78. The Labute approximate surface area is 207 Å². The summed E-state index contributed by atoms with van der Waals surface area (Å²) >= 11 is 0. The Kier molecular flexibility index (Phi) is 5.92. The van der Waals surface area contributed by atoms with Gasteiger partial charge in [0.05, 0.1) is 5.56 Å². The lowest BCUT2D eigenvalue weighted by molar-refractivity contribution is -0.137. The highest BCUT2D eigenvalue weighted by atomic mass is 19.4. The van der Waals surface area contributed by atoms with Crippen molar-refractivity contribution in [2.45, 2.75) is 58.0 Å². The van der Waals surface area contributed by atoms with Crippen LogP contribution in [0, 0.1) is 17.2 Å². The van der Waals surface area contributed by atoms with Crippen molar-refractivity contribution in [3.8, 4) is 0 Å². The van der Waals surface area contributed by atoms with E-state index < -0.39 is 29.3 Å². The van der Waals surface area contributed by atoms with Crippen LogP contribution in [0.3, 0.4) is 0 Å². The van der Waals surface area contributed by atoms with Gasteiger partial charge in [-0.3, -0.25) is 9.59 Å². The number of nitrogens with one attached hydrogen (secondary N) is 1. The maximum Gasteiger partial charge on any atom is 0.416 e. The van der Waals surface area contributed by atoms with Crippen molar-refractivity contribution in [2.75, 3.05) is 0 Å². The van der Waals surface area contributed by atoms with Crippen LogP contribution in [-0.4, -0.2) is 11.6 Å². The minimum absolute atomic E-state index is 0.0294. The molecular weight excluding hydrogens is 470 g/mol. The Bertz CT molecular complexity index is 1280. The van der Waals surface area contributed by atoms with E-state index in [4.69, 9.17) is 0 Å². The fourth-order valence-corrected chi connectivity index (χ4v) is 5.81. The number of carbonyl (C=O) groups is 2. The molecule has 1 aliphatic heterocycles. The summed E-state index contributed by atoms with van der Waals surface area (Å²) in [6, 6.07) is 9.89. The van der Waals surface area contributed by atoms with Crippen LogP contribution in [0.25, 0.3) is 0 Å². The molecule has 1 heterocycles. The summed E-state index contributed by atoms with van der Waals surface area (Å²) in [5.41, 5.74) is 2.13. The number of benzene rings is 2. The lowest BCUT2D eigenvalue weighted by atomic mass is 9.58. The van der Waals surface area contributed by atoms with Crippen molar-refractivity contribution >= 4 is 11.6 Å². The molecule has 2 aromatic carbocycles. The Balaban J connectivity index is 1.65. The zero-order valence-electron chi connectivity index (χ0n) is 20.1. The smallest absolute Gasteiger partial charge is 0.361 e. The number of hydrogen-bond acceptors (Lipinski definition) is 3. The summed E-state index contributed by atoms with van der Waals surface area (Å²) in [4.78, 5) is 27.5. The fourth-order valence-electron chi connectivity index (χ4n) is 5.81. The van der Waals surface area contributed by atoms with Crippen LogP contribution in [0.1, 0.15) is 73.4 Å². The molecule has 1 atom stereocenters. The maximum absolute atomic E-state index is 13.9. The zero-order chi connectivity index (χ0) is 25.8. The van der Waals surface area contributed by atoms with Gasteiger partial charge in [-0.15, -0.1) is 0 Å². The summed E-state index contributed by atoms with van der Waals surface area (Å²) in [5.74, 6) is -1.76. The van der Waals surface area contributed by atoms with Crippen molar-refractivity contribution in [2.24, 2.45) is 11.3 Å². The molecule has 0 bridgehead atoms. The quantitative estimate of drug-likeness (QED) is 0.362. The van der Waals surface area contributed by atoms with Gasteiger partial charge in [-0.05, 0) is 60.4 Å². The predicted molar refractivity (Wildman–Crippen MR) is 127 cm³/mol. The average Bonchev–Trinajstić information content (AvgIpc) is 2.81. The lowest BCUT2D eigenvalue weighted by Crippen LogP contribution is -2.44. The van der Waals surface area contributed by atoms with Crippen molar-refractivity contribution in [1.82, 2.24) is 5.32 Å². The number of alkyl halides is 3. The summed E-state index contributed by atoms with van der Waals surface area (Å²) < 4.78 is 53.1. The second kappa shape index (κ2) is 8.71. The zero-order valence-corrected chi connectivity index (χ0v) is 20.1. The number of carbonyl (C=O) groups excluding carboxylic acids is 2. The molecule has 1 fully saturated rings. The molecule has 0 radical (unpaired) electrons. The average molecular weight is 498 g/mol. The third-order valence-electron chi connectivity index (χ3n) is 7.78. The Morgan fingerprint density at radius 3 is 2.17 bits per heavy atom. The predicted octanol–water partition coefficient (Wildman–Crippen LogP) is 7.11. The van der Waals surface area contributed by atoms with Gasteiger partial charge in [-0.25, -0.2) is 4.39 Å². The number of hydrogen-bond donors (Lipinski definition) is 1. The van der Waals surface area contributed by atoms with Gasteiger partial charge in [-0.1, -0.05) is 44.5 Å². The van der Waals surface area contributed by atoms with E-state index >= 15 is 0 Å². The Morgan fingerprint density at radius 1 is 1.00 bits per heavy atom. The first-order valence-electron chi connectivity index (χ1n) is 12.2. The van der Waals surface area contributed by atoms with E-state index in [1.54, 1.807) is 12.1 Å². The molecule has 3 nitrogen and oxygen atoms in total. The molecule has 0 aromatic heterocycles. The van der Waals surface area contributed by atoms with E-state index in [0.29, 0.717) is 35.2 Å². The Morgan fingerprint density at radius 2 is 1.64 bits per heavy atom. The summed E-state index contributed by atoms with van der Waals surface area (Å²) in [6.45, 7) is 3.86. The topological polar surface area (TPSA) is 46.2 Å². The van der Waals surface area contributed by atoms with Gasteiger partial charge in [0.15, 0.2) is 11.6 Å². The second-order valence-electron chi connectivity index (χ2n) is 10.5. The summed E-state index contributed by atoms with van der Waals surface area (Å²) in [5, 5.41) is 3.42. The molecule has 7 heteroatoms. The fraction of sp³-hybridized carbons (Fsp3) is 0.379. The molecule has 188 valence electrons. The SMILES string of the molecule is CC(C)C1=C(C(=O)c2ccc(C(F)(F)F)cc2)C(c2ccc(F)cc2)C2=C(CC3(CCC3)CC2=O)N1. The Hall–Kier alpha value is -3.22. The van der Waals surface area contributed by atoms with E-state index in [1.807, 2.05) is 13.8 Å². The molecule has 2 aromatic rings. The third kappa shape index (κ3) is 4.18. The first-order valence-corrected chi connectivity index (χ1v) is 12.2. The van der Waals surface area contributed by atoms with Gasteiger partial charge in [0.1, 0.15) is 5.82 Å². The number of dihydropyridines is 1. The van der Waals surface area contributed by atoms with Crippen molar-refractivity contribution in [3.63, 3.8) is 0 Å². The van der Waals surface area contributed by atoms with Crippen molar-refractivity contribution < 1.29 is 27.2 Å². The van der Waals surface area contributed by atoms with Crippen molar-refractivity contribution in [1.29, 1.82) is 0 Å². The maximum atomic E-state index is 13.9. The molecule has 1 unspecified atom stereocenters. The van der Waals surface area contributed by atoms with Crippen LogP contribution >= 0.6 is 0 Å². The van der Waals surface area contributed by atoms with E-state index in [2.05, 4.69) is 5.32 Å². The molecule has 1 saturated carbocycles. The monoisotopic (exact) mass is 497 g/mol. The number of allylic oxidation sites excluding steroid dienone is 4. The van der Waals surface area contributed by atoms with Gasteiger partial charge >= 0.3 is 6.18 Å². The molecule has 5 rings (SSSR count). The first kappa shape index (κ1) is 24.5. The van der Waals surface area contributed by atoms with Crippen LogP contribution in [0.4, 0.5) is 17.6 Å². The number of Topliss-reactive ketones (excluding diaryl/α,β-unsaturated/α-hetero) is 2. The molecular formula is C29H27F4NO2. The van der Waals surface area contributed by atoms with Gasteiger partial charge in [0.2, 0.25) is 0 Å². The van der Waals surface area contributed by atoms with Crippen LogP contribution < -0.4 is 5.32 Å². The second-order valence-corrected chi connectivity index (χ2v) is 10.5. The standard InChI is InChI=1S/C29H27F4NO2/c1-16(2)26-25(27(36)18-4-8-19(9-5-18)29(31,32)33)23(17-6-10-20(30)11-7-17)24-21(34-26)14-28(12-3-13-28)15-22(24)35/h4-11,16,23,34H,3,12-15H2,1-2H3. The molecule has 0 saturated heterocycles. The van der Waals surface area contributed by atoms with E-state index in [9.17, 15) is 27.2 Å². The van der Waals surface area contributed by atoms with Crippen LogP contribution in [0.5, 0.6) is 0 Å². The van der Waals surface area contributed by atoms with Crippen LogP contribution in [0.2, 0.25) is 0 Å². The van der Waals surface area contributed by atoms with E-state index in [-0.39, 0.29) is 22.7 Å². The normalized spacial score (nSPS) is 21.4. The minimum Gasteiger partial charge on any atom is -0.361 e. The van der Waals surface area contributed by atoms with Gasteiger partial charge in [-0.2, -0.15) is 13.2 Å². The minimum atomic E-state index is -4.52. The molecule has 1 spiro atoms. The van der Waals surface area contributed by atoms with E-state index in [1.165, 1.54) is 24.3 Å². The number of ketones is 2. The molecule has 3 aliphatic rings. The number of rotatable bonds is 4. The van der Waals surface area contributed by atoms with Crippen LogP contribution in [-0.2, 0) is 11.0 Å². The van der Waals surface area contributed by atoms with Gasteiger partial charge < -0.3 is 5.32 Å². The highest BCUT2D eigenvalue weighted by Gasteiger charge is 2.49. The van der Waals surface area contributed by atoms with Gasteiger partial charge in [0, 0.05) is 40.4 Å². The summed E-state index contributed by atoms with van der Waals surface area (Å²) in [7, 11) is 0. The highest BCUT2D eigenvalue weighted by molar-refractivity contribution is 6.13. The molecule has 1 N–H and O–H groups in total. The molecule has 2 aliphatic carbocycles.